The first kappa shape index (κ1) is 21.5. The van der Waals surface area contributed by atoms with Crippen molar-refractivity contribution in [1.29, 1.82) is 0 Å². The van der Waals surface area contributed by atoms with Gasteiger partial charge in [0.2, 0.25) is 0 Å². The Labute approximate surface area is 176 Å². The average Bonchev–Trinajstić information content (AvgIpc) is 2.64. The molecule has 1 aromatic heterocycles. The minimum absolute atomic E-state index is 0.175. The number of ketones is 1. The van der Waals surface area contributed by atoms with Gasteiger partial charge >= 0.3 is 5.76 Å². The van der Waals surface area contributed by atoms with Crippen LogP contribution in [-0.2, 0) is 10.8 Å². The van der Waals surface area contributed by atoms with Crippen molar-refractivity contribution in [3.05, 3.63) is 75.5 Å². The van der Waals surface area contributed by atoms with Crippen LogP contribution in [0.4, 0.5) is 0 Å². The molecule has 5 heteroatoms. The summed E-state index contributed by atoms with van der Waals surface area (Å²) in [7, 11) is 0. The minimum Gasteiger partial charge on any atom is -0.507 e. The highest BCUT2D eigenvalue weighted by Gasteiger charge is 2.26. The lowest BCUT2D eigenvalue weighted by atomic mass is 9.78. The lowest BCUT2D eigenvalue weighted by Crippen LogP contribution is -2.17. The Bertz CT molecular complexity index is 1170. The molecule has 0 fully saturated rings. The summed E-state index contributed by atoms with van der Waals surface area (Å²) in [5.74, 6) is -0.536. The highest BCUT2D eigenvalue weighted by atomic mass is 16.4. The lowest BCUT2D eigenvalue weighted by molar-refractivity contribution is 0.104. The SMILES string of the molecule is CC(C)(C)c1cc(C=CC(=O)c2ccc3nc(=O)occ3c2)cc(C(C)(C)C)c1O. The molecule has 5 nitrogen and oxygen atoms in total. The largest absolute Gasteiger partial charge is 0.507 e. The van der Waals surface area contributed by atoms with Gasteiger partial charge in [0.15, 0.2) is 5.78 Å². The van der Waals surface area contributed by atoms with Crippen molar-refractivity contribution in [2.75, 3.05) is 0 Å². The van der Waals surface area contributed by atoms with E-state index < -0.39 is 5.76 Å². The van der Waals surface area contributed by atoms with Crippen LogP contribution in [0.2, 0.25) is 0 Å². The Morgan fingerprint density at radius 1 is 1.00 bits per heavy atom. The van der Waals surface area contributed by atoms with E-state index in [1.165, 1.54) is 12.3 Å². The molecule has 30 heavy (non-hydrogen) atoms. The third-order valence-corrected chi connectivity index (χ3v) is 4.99. The van der Waals surface area contributed by atoms with Gasteiger partial charge in [0.1, 0.15) is 12.0 Å². The zero-order chi connectivity index (χ0) is 22.3. The summed E-state index contributed by atoms with van der Waals surface area (Å²) < 4.78 is 4.79. The van der Waals surface area contributed by atoms with Gasteiger partial charge in [-0.2, -0.15) is 4.98 Å². The number of phenolic OH excluding ortho intramolecular Hbond substituents is 1. The molecule has 0 radical (unpaired) electrons. The molecule has 0 aliphatic carbocycles. The second-order valence-corrected chi connectivity index (χ2v) is 9.55. The molecule has 0 saturated carbocycles. The number of fused-ring (bicyclic) bond motifs is 1. The van der Waals surface area contributed by atoms with Gasteiger partial charge in [-0.15, -0.1) is 0 Å². The second-order valence-electron chi connectivity index (χ2n) is 9.55. The number of nitrogens with zero attached hydrogens (tertiary/aromatic N) is 1. The van der Waals surface area contributed by atoms with E-state index in [4.69, 9.17) is 4.42 Å². The molecule has 0 amide bonds. The Morgan fingerprint density at radius 2 is 1.60 bits per heavy atom. The van der Waals surface area contributed by atoms with Crippen LogP contribution >= 0.6 is 0 Å². The molecule has 0 aliphatic rings. The highest BCUT2D eigenvalue weighted by Crippen LogP contribution is 2.40. The van der Waals surface area contributed by atoms with Crippen molar-refractivity contribution in [3.63, 3.8) is 0 Å². The molecule has 0 aliphatic heterocycles. The molecule has 3 aromatic rings. The number of allylic oxidation sites excluding steroid dienone is 1. The Morgan fingerprint density at radius 3 is 2.17 bits per heavy atom. The normalized spacial score (nSPS) is 12.6. The van der Waals surface area contributed by atoms with Crippen LogP contribution in [0.5, 0.6) is 5.75 Å². The number of carbonyl (C=O) groups excluding carboxylic acids is 1. The van der Waals surface area contributed by atoms with Crippen molar-refractivity contribution in [2.24, 2.45) is 0 Å². The molecule has 3 rings (SSSR count). The summed E-state index contributed by atoms with van der Waals surface area (Å²) in [5, 5.41) is 11.4. The van der Waals surface area contributed by atoms with E-state index in [2.05, 4.69) is 46.5 Å². The molecular weight excluding hydrogens is 378 g/mol. The zero-order valence-corrected chi connectivity index (χ0v) is 18.2. The van der Waals surface area contributed by atoms with Crippen molar-refractivity contribution in [3.8, 4) is 5.75 Å². The number of aromatic nitrogens is 1. The molecule has 0 atom stereocenters. The predicted octanol–water partition coefficient (Wildman–Crippen LogP) is 5.38. The summed E-state index contributed by atoms with van der Waals surface area (Å²) in [6.45, 7) is 12.3. The van der Waals surface area contributed by atoms with Gasteiger partial charge in [0.25, 0.3) is 0 Å². The minimum atomic E-state index is -0.668. The topological polar surface area (TPSA) is 80.4 Å². The van der Waals surface area contributed by atoms with Gasteiger partial charge in [-0.3, -0.25) is 4.79 Å². The maximum Gasteiger partial charge on any atom is 0.439 e. The third kappa shape index (κ3) is 4.51. The molecular formula is C25H27NO4. The Balaban J connectivity index is 1.99. The first-order valence-corrected chi connectivity index (χ1v) is 9.86. The van der Waals surface area contributed by atoms with Crippen LogP contribution in [0.25, 0.3) is 17.0 Å². The number of hydrogen-bond acceptors (Lipinski definition) is 5. The highest BCUT2D eigenvalue weighted by molar-refractivity contribution is 6.08. The van der Waals surface area contributed by atoms with Crippen molar-refractivity contribution in [1.82, 2.24) is 4.98 Å². The number of benzene rings is 2. The van der Waals surface area contributed by atoms with Gasteiger partial charge in [0.05, 0.1) is 5.52 Å². The van der Waals surface area contributed by atoms with E-state index in [1.807, 2.05) is 12.1 Å². The lowest BCUT2D eigenvalue weighted by Gasteiger charge is -2.27. The molecule has 0 bridgehead atoms. The number of carbonyl (C=O) groups is 1. The second kappa shape index (κ2) is 7.56. The molecule has 0 saturated heterocycles. The quantitative estimate of drug-likeness (QED) is 0.467. The molecule has 0 spiro atoms. The van der Waals surface area contributed by atoms with E-state index in [1.54, 1.807) is 24.3 Å². The summed E-state index contributed by atoms with van der Waals surface area (Å²) in [4.78, 5) is 27.7. The van der Waals surface area contributed by atoms with Crippen molar-refractivity contribution >= 4 is 22.8 Å². The number of phenols is 1. The first-order chi connectivity index (χ1) is 13.9. The molecule has 1 N–H and O–H groups in total. The fourth-order valence-electron chi connectivity index (χ4n) is 3.31. The van der Waals surface area contributed by atoms with E-state index in [9.17, 15) is 14.7 Å². The number of hydrogen-bond donors (Lipinski definition) is 1. The zero-order valence-electron chi connectivity index (χ0n) is 18.2. The van der Waals surface area contributed by atoms with Gasteiger partial charge in [0, 0.05) is 22.1 Å². The van der Waals surface area contributed by atoms with Gasteiger partial charge in [-0.25, -0.2) is 4.79 Å². The molecule has 1 heterocycles. The van der Waals surface area contributed by atoms with Crippen LogP contribution in [-0.4, -0.2) is 15.9 Å². The van der Waals surface area contributed by atoms with E-state index in [-0.39, 0.29) is 16.6 Å². The van der Waals surface area contributed by atoms with Crippen LogP contribution in [0.15, 0.2) is 51.9 Å². The van der Waals surface area contributed by atoms with Gasteiger partial charge in [-0.1, -0.05) is 47.6 Å². The van der Waals surface area contributed by atoms with Crippen LogP contribution in [0.3, 0.4) is 0 Å². The number of rotatable bonds is 3. The average molecular weight is 405 g/mol. The van der Waals surface area contributed by atoms with E-state index >= 15 is 0 Å². The van der Waals surface area contributed by atoms with Crippen LogP contribution < -0.4 is 5.76 Å². The smallest absolute Gasteiger partial charge is 0.439 e. The fourth-order valence-corrected chi connectivity index (χ4v) is 3.31. The first-order valence-electron chi connectivity index (χ1n) is 9.86. The molecule has 2 aromatic carbocycles. The molecule has 156 valence electrons. The maximum atomic E-state index is 12.7. The van der Waals surface area contributed by atoms with Crippen LogP contribution in [0, 0.1) is 0 Å². The Hall–Kier alpha value is -3.21. The standard InChI is InChI=1S/C25H27NO4/c1-24(2,3)18-11-15(12-19(22(18)28)25(4,5)6)7-10-21(27)16-8-9-20-17(13-16)14-30-23(29)26-20/h7-14,28H,1-6H3. The van der Waals surface area contributed by atoms with Crippen molar-refractivity contribution in [2.45, 2.75) is 52.4 Å². The predicted molar refractivity (Wildman–Crippen MR) is 119 cm³/mol. The summed E-state index contributed by atoms with van der Waals surface area (Å²) in [6, 6.07) is 8.76. The monoisotopic (exact) mass is 405 g/mol. The van der Waals surface area contributed by atoms with Gasteiger partial charge in [-0.05, 0) is 52.8 Å². The van der Waals surface area contributed by atoms with Crippen molar-refractivity contribution < 1.29 is 14.3 Å². The van der Waals surface area contributed by atoms with E-state index in [0.29, 0.717) is 22.2 Å². The van der Waals surface area contributed by atoms with E-state index in [0.717, 1.165) is 16.7 Å². The Kier molecular flexibility index (Phi) is 5.42. The fraction of sp³-hybridized carbons (Fsp3) is 0.320. The maximum absolute atomic E-state index is 12.7. The van der Waals surface area contributed by atoms with Gasteiger partial charge < -0.3 is 9.52 Å². The summed E-state index contributed by atoms with van der Waals surface area (Å²) >= 11 is 0. The summed E-state index contributed by atoms with van der Waals surface area (Å²) in [6.07, 6.45) is 4.58. The molecule has 0 unspecified atom stereocenters. The third-order valence-electron chi connectivity index (χ3n) is 4.99. The number of aromatic hydroxyl groups is 1. The summed E-state index contributed by atoms with van der Waals surface area (Å²) in [5.41, 5.74) is 3.00. The van der Waals surface area contributed by atoms with Crippen LogP contribution in [0.1, 0.15) is 68.6 Å².